The van der Waals surface area contributed by atoms with Crippen molar-refractivity contribution < 1.29 is 19.1 Å². The highest BCUT2D eigenvalue weighted by molar-refractivity contribution is 6.02. The molecule has 0 amide bonds. The van der Waals surface area contributed by atoms with E-state index >= 15 is 0 Å². The van der Waals surface area contributed by atoms with Crippen LogP contribution in [0.5, 0.6) is 0 Å². The van der Waals surface area contributed by atoms with Crippen molar-refractivity contribution in [3.63, 3.8) is 0 Å². The number of hydrogen-bond donors (Lipinski definition) is 0. The summed E-state index contributed by atoms with van der Waals surface area (Å²) in [7, 11) is 0. The molecule has 0 radical (unpaired) electrons. The van der Waals surface area contributed by atoms with E-state index in [1.54, 1.807) is 6.08 Å². The molecule has 1 aliphatic rings. The molecular formula is C22H18O4. The number of benzene rings is 3. The molecule has 4 rings (SSSR count). The second kappa shape index (κ2) is 6.30. The van der Waals surface area contributed by atoms with Gasteiger partial charge in [-0.05, 0) is 45.3 Å². The Balaban J connectivity index is 1.91. The maximum absolute atomic E-state index is 11.6. The summed E-state index contributed by atoms with van der Waals surface area (Å²) >= 11 is 0. The van der Waals surface area contributed by atoms with E-state index in [0.29, 0.717) is 0 Å². The third kappa shape index (κ3) is 2.84. The zero-order valence-corrected chi connectivity index (χ0v) is 14.6. The Morgan fingerprint density at radius 2 is 1.54 bits per heavy atom. The zero-order chi connectivity index (χ0) is 18.3. The third-order valence-corrected chi connectivity index (χ3v) is 4.61. The number of carbonyl (C=O) groups is 2. The molecule has 0 saturated heterocycles. The second-order valence-corrected chi connectivity index (χ2v) is 6.45. The molecule has 0 saturated carbocycles. The van der Waals surface area contributed by atoms with Gasteiger partial charge in [0, 0.05) is 19.4 Å². The molecule has 3 aromatic carbocycles. The summed E-state index contributed by atoms with van der Waals surface area (Å²) in [6.07, 6.45) is 2.46. The number of rotatable bonds is 2. The van der Waals surface area contributed by atoms with Crippen LogP contribution < -0.4 is 0 Å². The number of ether oxygens (including phenoxy) is 2. The molecule has 26 heavy (non-hydrogen) atoms. The topological polar surface area (TPSA) is 52.6 Å². The molecule has 0 bridgehead atoms. The number of fused-ring (bicyclic) bond motifs is 4. The van der Waals surface area contributed by atoms with Crippen molar-refractivity contribution in [3.8, 4) is 0 Å². The van der Waals surface area contributed by atoms with E-state index in [1.807, 2.05) is 30.3 Å². The van der Waals surface area contributed by atoms with Gasteiger partial charge in [-0.15, -0.1) is 0 Å². The Morgan fingerprint density at radius 1 is 0.846 bits per heavy atom. The standard InChI is InChI=1S/C22H18O4/c1-13(23)25-21-10-9-18-19(22(21)26-14(2)24)8-7-17-11-15-5-3-4-6-16(15)12-20(17)18/h3-12,21-22H,1-2H3. The van der Waals surface area contributed by atoms with Crippen molar-refractivity contribution >= 4 is 39.6 Å². The van der Waals surface area contributed by atoms with Crippen molar-refractivity contribution in [1.29, 1.82) is 0 Å². The fourth-order valence-corrected chi connectivity index (χ4v) is 3.56. The Morgan fingerprint density at radius 3 is 2.23 bits per heavy atom. The molecule has 130 valence electrons. The van der Waals surface area contributed by atoms with E-state index in [0.717, 1.165) is 27.3 Å². The van der Waals surface area contributed by atoms with Crippen LogP contribution in [-0.4, -0.2) is 18.0 Å². The minimum Gasteiger partial charge on any atom is -0.454 e. The van der Waals surface area contributed by atoms with Gasteiger partial charge in [-0.2, -0.15) is 0 Å². The predicted molar refractivity (Wildman–Crippen MR) is 101 cm³/mol. The first-order chi connectivity index (χ1) is 12.5. The number of hydrogen-bond acceptors (Lipinski definition) is 4. The lowest BCUT2D eigenvalue weighted by molar-refractivity contribution is -0.162. The molecule has 0 heterocycles. The number of esters is 2. The maximum Gasteiger partial charge on any atom is 0.303 e. The van der Waals surface area contributed by atoms with Crippen LogP contribution in [0.2, 0.25) is 0 Å². The molecule has 0 spiro atoms. The molecule has 2 atom stereocenters. The highest BCUT2D eigenvalue weighted by Gasteiger charge is 2.32. The molecule has 4 heteroatoms. The normalized spacial score (nSPS) is 18.5. The lowest BCUT2D eigenvalue weighted by Gasteiger charge is -2.29. The molecule has 2 unspecified atom stereocenters. The quantitative estimate of drug-likeness (QED) is 0.504. The van der Waals surface area contributed by atoms with Crippen LogP contribution in [0.3, 0.4) is 0 Å². The van der Waals surface area contributed by atoms with Gasteiger partial charge in [0.1, 0.15) is 0 Å². The van der Waals surface area contributed by atoms with Crippen LogP contribution in [0.1, 0.15) is 31.1 Å². The molecule has 0 fully saturated rings. The van der Waals surface area contributed by atoms with E-state index in [-0.39, 0.29) is 0 Å². The average molecular weight is 346 g/mol. The molecule has 4 nitrogen and oxygen atoms in total. The lowest BCUT2D eigenvalue weighted by atomic mass is 9.88. The van der Waals surface area contributed by atoms with Crippen molar-refractivity contribution in [1.82, 2.24) is 0 Å². The van der Waals surface area contributed by atoms with Crippen LogP contribution in [0.25, 0.3) is 27.6 Å². The van der Waals surface area contributed by atoms with Crippen LogP contribution >= 0.6 is 0 Å². The summed E-state index contributed by atoms with van der Waals surface area (Å²) in [5, 5.41) is 4.51. The summed E-state index contributed by atoms with van der Waals surface area (Å²) in [5.41, 5.74) is 1.83. The Labute approximate surface area is 151 Å². The van der Waals surface area contributed by atoms with E-state index in [4.69, 9.17) is 9.47 Å². The molecular weight excluding hydrogens is 328 g/mol. The SMILES string of the molecule is CC(=O)OC1C=Cc2c(ccc3cc4ccccc4cc23)C1OC(C)=O. The number of carbonyl (C=O) groups excluding carboxylic acids is 2. The van der Waals surface area contributed by atoms with Gasteiger partial charge in [-0.3, -0.25) is 9.59 Å². The monoisotopic (exact) mass is 346 g/mol. The van der Waals surface area contributed by atoms with Crippen LogP contribution in [0.15, 0.2) is 54.6 Å². The summed E-state index contributed by atoms with van der Waals surface area (Å²) in [6.45, 7) is 2.71. The molecule has 0 N–H and O–H groups in total. The van der Waals surface area contributed by atoms with Gasteiger partial charge in [0.15, 0.2) is 12.2 Å². The minimum atomic E-state index is -0.646. The van der Waals surface area contributed by atoms with Gasteiger partial charge in [0.05, 0.1) is 0 Å². The fraction of sp³-hybridized carbons (Fsp3) is 0.182. The molecule has 0 aliphatic heterocycles. The van der Waals surface area contributed by atoms with Gasteiger partial charge in [-0.1, -0.05) is 42.5 Å². The maximum atomic E-state index is 11.6. The highest BCUT2D eigenvalue weighted by Crippen LogP contribution is 2.38. The highest BCUT2D eigenvalue weighted by atomic mass is 16.6. The van der Waals surface area contributed by atoms with Gasteiger partial charge in [0.2, 0.25) is 0 Å². The van der Waals surface area contributed by atoms with Crippen molar-refractivity contribution in [2.75, 3.05) is 0 Å². The first-order valence-electron chi connectivity index (χ1n) is 8.51. The average Bonchev–Trinajstić information content (AvgIpc) is 2.61. The zero-order valence-electron chi connectivity index (χ0n) is 14.6. The van der Waals surface area contributed by atoms with E-state index < -0.39 is 24.1 Å². The van der Waals surface area contributed by atoms with Crippen LogP contribution in [0, 0.1) is 0 Å². The lowest BCUT2D eigenvalue weighted by Crippen LogP contribution is -2.28. The Bertz CT molecular complexity index is 1060. The Hall–Kier alpha value is -3.14. The van der Waals surface area contributed by atoms with E-state index in [2.05, 4.69) is 24.3 Å². The second-order valence-electron chi connectivity index (χ2n) is 6.45. The van der Waals surface area contributed by atoms with Gasteiger partial charge >= 0.3 is 11.9 Å². The first kappa shape index (κ1) is 16.3. The molecule has 1 aliphatic carbocycles. The van der Waals surface area contributed by atoms with Crippen LogP contribution in [-0.2, 0) is 19.1 Å². The smallest absolute Gasteiger partial charge is 0.303 e. The van der Waals surface area contributed by atoms with Crippen molar-refractivity contribution in [3.05, 3.63) is 65.7 Å². The largest absolute Gasteiger partial charge is 0.454 e. The van der Waals surface area contributed by atoms with E-state index in [9.17, 15) is 9.59 Å². The fourth-order valence-electron chi connectivity index (χ4n) is 3.56. The van der Waals surface area contributed by atoms with Gasteiger partial charge in [-0.25, -0.2) is 0 Å². The molecule has 3 aromatic rings. The summed E-state index contributed by atoms with van der Waals surface area (Å²) < 4.78 is 10.8. The molecule has 0 aromatic heterocycles. The van der Waals surface area contributed by atoms with Crippen molar-refractivity contribution in [2.45, 2.75) is 26.1 Å². The Kier molecular flexibility index (Phi) is 3.96. The summed E-state index contributed by atoms with van der Waals surface area (Å²) in [6, 6.07) is 16.4. The van der Waals surface area contributed by atoms with Crippen LogP contribution in [0.4, 0.5) is 0 Å². The van der Waals surface area contributed by atoms with Crippen molar-refractivity contribution in [2.24, 2.45) is 0 Å². The first-order valence-corrected chi connectivity index (χ1v) is 8.51. The van der Waals surface area contributed by atoms with Gasteiger partial charge < -0.3 is 9.47 Å². The van der Waals surface area contributed by atoms with Gasteiger partial charge in [0.25, 0.3) is 0 Å². The van der Waals surface area contributed by atoms with E-state index in [1.165, 1.54) is 19.2 Å². The summed E-state index contributed by atoms with van der Waals surface area (Å²) in [4.78, 5) is 23.0. The third-order valence-electron chi connectivity index (χ3n) is 4.61. The summed E-state index contributed by atoms with van der Waals surface area (Å²) in [5.74, 6) is -0.820. The predicted octanol–water partition coefficient (Wildman–Crippen LogP) is 4.56. The minimum absolute atomic E-state index is 0.410.